The van der Waals surface area contributed by atoms with Crippen LogP contribution >= 0.6 is 0 Å². The van der Waals surface area contributed by atoms with Gasteiger partial charge in [-0.25, -0.2) is 19.9 Å². The van der Waals surface area contributed by atoms with E-state index in [1.807, 2.05) is 27.7 Å². The molecule has 298 valence electrons. The third-order valence-corrected chi connectivity index (χ3v) is 9.01. The number of ether oxygens (including phenoxy) is 2. The van der Waals surface area contributed by atoms with E-state index in [-0.39, 0.29) is 78.8 Å². The van der Waals surface area contributed by atoms with Crippen molar-refractivity contribution in [2.75, 3.05) is 31.0 Å². The van der Waals surface area contributed by atoms with Gasteiger partial charge in [0.15, 0.2) is 11.6 Å². The third-order valence-electron chi connectivity index (χ3n) is 9.01. The molecule has 0 unspecified atom stereocenters. The van der Waals surface area contributed by atoms with Crippen molar-refractivity contribution in [3.8, 4) is 11.5 Å². The lowest BCUT2D eigenvalue weighted by molar-refractivity contribution is 0.0991. The Labute approximate surface area is 326 Å². The summed E-state index contributed by atoms with van der Waals surface area (Å²) in [6.45, 7) is 7.97. The average Bonchev–Trinajstić information content (AvgIpc) is 3.98. The molecule has 0 spiro atoms. The Hall–Kier alpha value is -7.02. The fraction of sp³-hybridized carbons (Fsp3) is 0.316. The van der Waals surface area contributed by atoms with E-state index in [4.69, 9.17) is 20.9 Å². The number of amides is 4. The number of hydrogen-bond acceptors (Lipinski definition) is 11. The van der Waals surface area contributed by atoms with Crippen LogP contribution in [-0.2, 0) is 13.1 Å². The van der Waals surface area contributed by atoms with Gasteiger partial charge in [0.1, 0.15) is 22.5 Å². The smallest absolute Gasteiger partial charge is 0.293 e. The molecule has 2 aromatic carbocycles. The Balaban J connectivity index is 1.41. The molecular formula is C38H44N12O7. The van der Waals surface area contributed by atoms with Gasteiger partial charge in [0.2, 0.25) is 23.7 Å². The summed E-state index contributed by atoms with van der Waals surface area (Å²) in [6, 6.07) is 5.92. The summed E-state index contributed by atoms with van der Waals surface area (Å²) in [5.74, 6) is -1.21. The van der Waals surface area contributed by atoms with Gasteiger partial charge in [-0.05, 0) is 52.0 Å². The van der Waals surface area contributed by atoms with Crippen molar-refractivity contribution in [1.29, 1.82) is 0 Å². The topological polar surface area (TPSA) is 254 Å². The lowest BCUT2D eigenvalue weighted by Crippen LogP contribution is -2.21. The summed E-state index contributed by atoms with van der Waals surface area (Å²) in [7, 11) is 1.45. The number of hydrogen-bond donors (Lipinski definition) is 5. The number of benzene rings is 2. The number of allylic oxidation sites excluding steroid dienone is 2. The van der Waals surface area contributed by atoms with Crippen LogP contribution in [0.2, 0.25) is 0 Å². The highest BCUT2D eigenvalue weighted by molar-refractivity contribution is 6.04. The predicted octanol–water partition coefficient (Wildman–Crippen LogP) is 3.67. The van der Waals surface area contributed by atoms with Crippen LogP contribution in [0.1, 0.15) is 88.2 Å². The summed E-state index contributed by atoms with van der Waals surface area (Å²) in [5, 5.41) is 15.1. The molecule has 0 radical (unpaired) electrons. The second kappa shape index (κ2) is 16.8. The van der Waals surface area contributed by atoms with Gasteiger partial charge in [0, 0.05) is 74.1 Å². The van der Waals surface area contributed by atoms with Crippen LogP contribution in [0.3, 0.4) is 0 Å². The van der Waals surface area contributed by atoms with Crippen LogP contribution in [0.5, 0.6) is 11.5 Å². The molecule has 19 heteroatoms. The van der Waals surface area contributed by atoms with Gasteiger partial charge in [0.05, 0.1) is 24.8 Å². The molecule has 0 aliphatic carbocycles. The van der Waals surface area contributed by atoms with Crippen LogP contribution < -0.4 is 31.6 Å². The van der Waals surface area contributed by atoms with E-state index in [1.54, 1.807) is 42.8 Å². The van der Waals surface area contributed by atoms with Gasteiger partial charge in [-0.3, -0.25) is 29.8 Å². The number of aliphatic hydroxyl groups excluding tert-OH is 1. The molecule has 7 N–H and O–H groups in total. The summed E-state index contributed by atoms with van der Waals surface area (Å²) in [5.41, 5.74) is 13.2. The summed E-state index contributed by atoms with van der Waals surface area (Å²) in [4.78, 5) is 69.5. The van der Waals surface area contributed by atoms with Crippen molar-refractivity contribution in [3.05, 3.63) is 84.0 Å². The Morgan fingerprint density at radius 3 is 1.63 bits per heavy atom. The summed E-state index contributed by atoms with van der Waals surface area (Å²) in [6.07, 6.45) is 10.4. The maximum atomic E-state index is 13.6. The number of rotatable bonds is 17. The van der Waals surface area contributed by atoms with E-state index in [0.717, 1.165) is 0 Å². The number of carbonyl (C=O) groups excluding carboxylic acids is 4. The minimum atomic E-state index is -0.704. The molecule has 0 fully saturated rings. The number of carbonyl (C=O) groups is 4. The van der Waals surface area contributed by atoms with Crippen molar-refractivity contribution in [2.45, 2.75) is 59.3 Å². The number of nitrogens with zero attached hydrogens (tertiary/aromatic N) is 8. The zero-order valence-corrected chi connectivity index (χ0v) is 32.1. The highest BCUT2D eigenvalue weighted by Crippen LogP contribution is 2.33. The van der Waals surface area contributed by atoms with E-state index >= 15 is 0 Å². The maximum absolute atomic E-state index is 13.6. The van der Waals surface area contributed by atoms with Crippen molar-refractivity contribution < 1.29 is 33.8 Å². The number of primary amides is 2. The molecular weight excluding hydrogens is 736 g/mol. The first-order chi connectivity index (χ1) is 27.3. The van der Waals surface area contributed by atoms with Gasteiger partial charge in [-0.1, -0.05) is 12.2 Å². The van der Waals surface area contributed by atoms with Crippen molar-refractivity contribution in [1.82, 2.24) is 38.2 Å². The molecule has 4 heterocycles. The third kappa shape index (κ3) is 8.18. The van der Waals surface area contributed by atoms with Crippen LogP contribution in [0.25, 0.3) is 22.1 Å². The van der Waals surface area contributed by atoms with Crippen molar-refractivity contribution in [3.63, 3.8) is 0 Å². The first-order valence-electron chi connectivity index (χ1n) is 18.1. The lowest BCUT2D eigenvalue weighted by atomic mass is 10.1. The Morgan fingerprint density at radius 2 is 1.21 bits per heavy atom. The van der Waals surface area contributed by atoms with Crippen LogP contribution in [-0.4, -0.2) is 87.3 Å². The van der Waals surface area contributed by atoms with E-state index in [2.05, 4.69) is 30.6 Å². The van der Waals surface area contributed by atoms with E-state index in [9.17, 15) is 24.3 Å². The number of aromatic nitrogens is 8. The first kappa shape index (κ1) is 39.7. The molecule has 4 aromatic heterocycles. The monoisotopic (exact) mass is 780 g/mol. The Morgan fingerprint density at radius 1 is 0.754 bits per heavy atom. The molecule has 0 saturated carbocycles. The molecule has 0 bridgehead atoms. The van der Waals surface area contributed by atoms with Crippen molar-refractivity contribution >= 4 is 57.6 Å². The molecule has 0 atom stereocenters. The fourth-order valence-electron chi connectivity index (χ4n) is 6.29. The van der Waals surface area contributed by atoms with Gasteiger partial charge in [0.25, 0.3) is 11.8 Å². The molecule has 0 aliphatic rings. The van der Waals surface area contributed by atoms with E-state index < -0.39 is 23.6 Å². The van der Waals surface area contributed by atoms with Gasteiger partial charge < -0.3 is 44.3 Å². The first-order valence-corrected chi connectivity index (χ1v) is 18.1. The zero-order chi connectivity index (χ0) is 41.0. The second-order valence-corrected chi connectivity index (χ2v) is 13.5. The fourth-order valence-corrected chi connectivity index (χ4v) is 6.29. The molecule has 0 saturated heterocycles. The van der Waals surface area contributed by atoms with Gasteiger partial charge in [-0.2, -0.15) is 0 Å². The number of imidazole rings is 4. The van der Waals surface area contributed by atoms with E-state index in [1.165, 1.54) is 43.8 Å². The molecule has 19 nitrogen and oxygen atoms in total. The predicted molar refractivity (Wildman–Crippen MR) is 211 cm³/mol. The highest BCUT2D eigenvalue weighted by atomic mass is 16.5. The quantitative estimate of drug-likeness (QED) is 0.0659. The lowest BCUT2D eigenvalue weighted by Gasteiger charge is -2.14. The van der Waals surface area contributed by atoms with Crippen molar-refractivity contribution in [2.24, 2.45) is 11.5 Å². The number of aliphatic hydroxyl groups is 1. The van der Waals surface area contributed by atoms with Gasteiger partial charge in [-0.15, -0.1) is 0 Å². The number of nitrogens with two attached hydrogens (primary N) is 2. The summed E-state index contributed by atoms with van der Waals surface area (Å²) < 4.78 is 18.5. The molecule has 4 amide bonds. The normalized spacial score (nSPS) is 11.6. The number of nitrogens with one attached hydrogen (secondary N) is 2. The molecule has 6 aromatic rings. The van der Waals surface area contributed by atoms with Crippen LogP contribution in [0.15, 0.2) is 61.2 Å². The van der Waals surface area contributed by atoms with Crippen LogP contribution in [0, 0.1) is 0 Å². The Bertz CT molecular complexity index is 2510. The molecule has 6 rings (SSSR count). The zero-order valence-electron chi connectivity index (χ0n) is 32.1. The second-order valence-electron chi connectivity index (χ2n) is 13.5. The largest absolute Gasteiger partial charge is 0.494 e. The number of fused-ring (bicyclic) bond motifs is 2. The highest BCUT2D eigenvalue weighted by Gasteiger charge is 2.24. The molecule has 0 aliphatic heterocycles. The van der Waals surface area contributed by atoms with E-state index in [0.29, 0.717) is 34.2 Å². The van der Waals surface area contributed by atoms with Gasteiger partial charge >= 0.3 is 0 Å². The average molecular weight is 781 g/mol. The number of anilines is 2. The number of methoxy groups -OCH3 is 1. The standard InChI is InChI=1S/C38H44N12O7/c1-21(2)47-13-9-41-33(47)35(54)45-37-43-25-17-23(31(39)52)19-27(56-5)29(25)49(37)11-6-7-12-50-30-26(18-24(32(40)53)20-28(30)57-16-8-15-51)44-38(50)46-36(55)34-42-10-14-48(34)22(3)4/h6-7,9-10,13-14,17-22,51H,8,11-12,15-16H2,1-5H3,(H2,39,52)(H2,40,53)(H,43,45,54)(H,44,46,55)/b7-6+. The molecule has 57 heavy (non-hydrogen) atoms. The SMILES string of the molecule is COc1cc(C(N)=O)cc2nc(NC(=O)c3nccn3C(C)C)n(C/C=C/Cn3c(NC(=O)c4nccn4C(C)C)nc4cc(C(N)=O)cc(OCCCO)c43)c12. The Kier molecular flexibility index (Phi) is 11.7. The maximum Gasteiger partial charge on any atom is 0.293 e. The minimum absolute atomic E-state index is 0.0397. The summed E-state index contributed by atoms with van der Waals surface area (Å²) >= 11 is 0. The minimum Gasteiger partial charge on any atom is -0.494 e. The van der Waals surface area contributed by atoms with Crippen LogP contribution in [0.4, 0.5) is 11.9 Å².